The summed E-state index contributed by atoms with van der Waals surface area (Å²) in [6.07, 6.45) is 21.8. The highest BCUT2D eigenvalue weighted by atomic mass is 28.2. The summed E-state index contributed by atoms with van der Waals surface area (Å²) in [5.41, 5.74) is 2.34. The van der Waals surface area contributed by atoms with E-state index in [1.165, 1.54) is 25.7 Å². The van der Waals surface area contributed by atoms with Crippen LogP contribution in [0.3, 0.4) is 0 Å². The Bertz CT molecular complexity index is 373. The highest BCUT2D eigenvalue weighted by Gasteiger charge is 2.29. The molecule has 17 heavy (non-hydrogen) atoms. The van der Waals surface area contributed by atoms with Crippen LogP contribution in [0.5, 0.6) is 0 Å². The van der Waals surface area contributed by atoms with Crippen LogP contribution in [0.15, 0.2) is 48.1 Å². The van der Waals surface area contributed by atoms with E-state index in [4.69, 9.17) is 0 Å². The minimum absolute atomic E-state index is 0.118. The zero-order valence-corrected chi connectivity index (χ0v) is 12.6. The molecule has 1 heteroatoms. The smallest absolute Gasteiger partial charge is 0.0447 e. The highest BCUT2D eigenvalue weighted by Crippen LogP contribution is 2.43. The van der Waals surface area contributed by atoms with Gasteiger partial charge in [0, 0.05) is 9.52 Å². The lowest BCUT2D eigenvalue weighted by atomic mass is 9.94. The maximum atomic E-state index is 2.52. The number of hydrogen-bond acceptors (Lipinski definition) is 0. The maximum absolute atomic E-state index is 2.52. The van der Waals surface area contributed by atoms with Gasteiger partial charge in [-0.1, -0.05) is 68.4 Å². The molecule has 0 spiro atoms. The summed E-state index contributed by atoms with van der Waals surface area (Å²) in [5, 5.41) is 0.554. The van der Waals surface area contributed by atoms with E-state index >= 15 is 0 Å². The number of allylic oxidation sites excluding steroid dienone is 8. The van der Waals surface area contributed by atoms with Gasteiger partial charge in [0.2, 0.25) is 0 Å². The molecule has 2 atom stereocenters. The van der Waals surface area contributed by atoms with Crippen molar-refractivity contribution >= 4 is 9.52 Å². The normalized spacial score (nSPS) is 31.6. The van der Waals surface area contributed by atoms with Gasteiger partial charge in [0.05, 0.1) is 0 Å². The molecule has 0 aromatic rings. The van der Waals surface area contributed by atoms with E-state index in [1.54, 1.807) is 5.57 Å². The Balaban J connectivity index is 2.04. The zero-order valence-electron chi connectivity index (χ0n) is 11.2. The van der Waals surface area contributed by atoms with Gasteiger partial charge in [-0.05, 0) is 29.8 Å². The second kappa shape index (κ2) is 5.68. The summed E-state index contributed by atoms with van der Waals surface area (Å²) in [4.78, 5) is 0. The molecule has 0 radical (unpaired) electrons. The topological polar surface area (TPSA) is 0 Å². The molecule has 0 aromatic carbocycles. The highest BCUT2D eigenvalue weighted by molar-refractivity contribution is 6.44. The molecular formula is C16H24Si. The molecule has 2 aliphatic carbocycles. The Morgan fingerprint density at radius 2 is 2.24 bits per heavy atom. The minimum atomic E-state index is -0.118. The molecule has 0 bridgehead atoms. The van der Waals surface area contributed by atoms with E-state index < -0.39 is 0 Å². The average molecular weight is 244 g/mol. The van der Waals surface area contributed by atoms with Crippen LogP contribution in [-0.4, -0.2) is 9.52 Å². The Kier molecular flexibility index (Phi) is 4.22. The largest absolute Gasteiger partial charge is 0.0840 e. The summed E-state index contributed by atoms with van der Waals surface area (Å²) in [6, 6.07) is 0. The fourth-order valence-corrected chi connectivity index (χ4v) is 5.91. The Hall–Kier alpha value is -0.823. The quantitative estimate of drug-likeness (QED) is 0.632. The van der Waals surface area contributed by atoms with Crippen molar-refractivity contribution in [2.75, 3.05) is 0 Å². The molecule has 0 saturated carbocycles. The third-order valence-corrected chi connectivity index (χ3v) is 6.68. The molecule has 0 N–H and O–H groups in total. The second-order valence-corrected chi connectivity index (χ2v) is 8.19. The van der Waals surface area contributed by atoms with Crippen LogP contribution in [0.25, 0.3) is 0 Å². The van der Waals surface area contributed by atoms with Crippen LogP contribution in [0.4, 0.5) is 0 Å². The van der Waals surface area contributed by atoms with Crippen molar-refractivity contribution in [1.82, 2.24) is 0 Å². The van der Waals surface area contributed by atoms with E-state index in [2.05, 4.69) is 56.4 Å². The first kappa shape index (κ1) is 12.6. The van der Waals surface area contributed by atoms with Crippen LogP contribution in [0.2, 0.25) is 10.6 Å². The molecule has 0 fully saturated rings. The Labute approximate surface area is 108 Å². The van der Waals surface area contributed by atoms with Gasteiger partial charge in [-0.15, -0.1) is 0 Å². The standard InChI is InChI=1S/C16H24Si/c1-3-10-16(11-6-5-7-12-16)17-15-9-8-14(4-2)13-15/h5-9,11,13,15H,3-4,10,12,17H2,1-2H3. The van der Waals surface area contributed by atoms with Crippen LogP contribution >= 0.6 is 0 Å². The lowest BCUT2D eigenvalue weighted by molar-refractivity contribution is 0.596. The van der Waals surface area contributed by atoms with E-state index in [0.717, 1.165) is 5.54 Å². The van der Waals surface area contributed by atoms with E-state index in [9.17, 15) is 0 Å². The van der Waals surface area contributed by atoms with Crippen molar-refractivity contribution in [3.05, 3.63) is 48.1 Å². The minimum Gasteiger partial charge on any atom is -0.0840 e. The van der Waals surface area contributed by atoms with Gasteiger partial charge < -0.3 is 0 Å². The van der Waals surface area contributed by atoms with Gasteiger partial charge in [-0.2, -0.15) is 0 Å². The summed E-state index contributed by atoms with van der Waals surface area (Å²) >= 11 is 0. The van der Waals surface area contributed by atoms with Crippen LogP contribution in [0.1, 0.15) is 39.5 Å². The second-order valence-electron chi connectivity index (χ2n) is 5.43. The monoisotopic (exact) mass is 244 g/mol. The third-order valence-electron chi connectivity index (χ3n) is 4.01. The molecular weight excluding hydrogens is 220 g/mol. The van der Waals surface area contributed by atoms with E-state index in [0.29, 0.717) is 5.04 Å². The molecule has 0 saturated heterocycles. The summed E-state index contributed by atoms with van der Waals surface area (Å²) < 4.78 is 0. The van der Waals surface area contributed by atoms with Crippen molar-refractivity contribution in [1.29, 1.82) is 0 Å². The first-order valence-corrected chi connectivity index (χ1v) is 8.53. The molecule has 0 amide bonds. The molecule has 0 nitrogen and oxygen atoms in total. The van der Waals surface area contributed by atoms with Gasteiger partial charge in [0.15, 0.2) is 0 Å². The molecule has 2 aliphatic rings. The summed E-state index contributed by atoms with van der Waals surface area (Å²) in [7, 11) is -0.118. The average Bonchev–Trinajstić information content (AvgIpc) is 2.78. The summed E-state index contributed by atoms with van der Waals surface area (Å²) in [5.74, 6) is 0. The van der Waals surface area contributed by atoms with Gasteiger partial charge in [0.1, 0.15) is 0 Å². The molecule has 92 valence electrons. The molecule has 0 aliphatic heterocycles. The first-order chi connectivity index (χ1) is 8.28. The molecule has 2 rings (SSSR count). The number of rotatable bonds is 5. The molecule has 2 unspecified atom stereocenters. The Morgan fingerprint density at radius 3 is 2.82 bits per heavy atom. The van der Waals surface area contributed by atoms with Gasteiger partial charge in [-0.25, -0.2) is 0 Å². The number of hydrogen-bond donors (Lipinski definition) is 0. The van der Waals surface area contributed by atoms with E-state index in [1.807, 2.05) is 0 Å². The van der Waals surface area contributed by atoms with Crippen molar-refractivity contribution in [3.63, 3.8) is 0 Å². The van der Waals surface area contributed by atoms with Gasteiger partial charge in [0.25, 0.3) is 0 Å². The van der Waals surface area contributed by atoms with Crippen molar-refractivity contribution in [2.24, 2.45) is 0 Å². The predicted octanol–water partition coefficient (Wildman–Crippen LogP) is 4.32. The maximum Gasteiger partial charge on any atom is 0.0447 e. The molecule has 0 aromatic heterocycles. The predicted molar refractivity (Wildman–Crippen MR) is 80.3 cm³/mol. The van der Waals surface area contributed by atoms with Crippen molar-refractivity contribution < 1.29 is 0 Å². The fraction of sp³-hybridized carbons (Fsp3) is 0.500. The van der Waals surface area contributed by atoms with Gasteiger partial charge >= 0.3 is 0 Å². The summed E-state index contributed by atoms with van der Waals surface area (Å²) in [6.45, 7) is 4.57. The fourth-order valence-electron chi connectivity index (χ4n) is 3.11. The first-order valence-electron chi connectivity index (χ1n) is 7.01. The lowest BCUT2D eigenvalue weighted by Crippen LogP contribution is -2.21. The van der Waals surface area contributed by atoms with Gasteiger partial charge in [-0.3, -0.25) is 0 Å². The Morgan fingerprint density at radius 1 is 1.35 bits per heavy atom. The third kappa shape index (κ3) is 3.10. The van der Waals surface area contributed by atoms with Crippen LogP contribution in [0, 0.1) is 0 Å². The van der Waals surface area contributed by atoms with Crippen molar-refractivity contribution in [3.8, 4) is 0 Å². The van der Waals surface area contributed by atoms with E-state index in [-0.39, 0.29) is 9.52 Å². The SMILES string of the molecule is CCCC1([SiH2]C2C=CC(CC)=C2)C=CC=CC1. The lowest BCUT2D eigenvalue weighted by Gasteiger charge is -2.32. The zero-order chi connectivity index (χ0) is 12.1. The van der Waals surface area contributed by atoms with Crippen LogP contribution in [-0.2, 0) is 0 Å². The van der Waals surface area contributed by atoms with Crippen molar-refractivity contribution in [2.45, 2.75) is 50.1 Å². The molecule has 0 heterocycles. The van der Waals surface area contributed by atoms with Crippen LogP contribution < -0.4 is 0 Å².